The molecule has 0 atom stereocenters. The summed E-state index contributed by atoms with van der Waals surface area (Å²) in [5.74, 6) is 1.13. The van der Waals surface area contributed by atoms with Gasteiger partial charge in [0.25, 0.3) is 5.91 Å². The van der Waals surface area contributed by atoms with Crippen LogP contribution in [0.25, 0.3) is 11.5 Å². The summed E-state index contributed by atoms with van der Waals surface area (Å²) < 4.78 is 27.8. The predicted molar refractivity (Wildman–Crippen MR) is 126 cm³/mol. The van der Waals surface area contributed by atoms with E-state index in [0.717, 1.165) is 5.56 Å². The highest BCUT2D eigenvalue weighted by Gasteiger charge is 2.20. The fourth-order valence-corrected chi connectivity index (χ4v) is 3.55. The summed E-state index contributed by atoms with van der Waals surface area (Å²) in [6.07, 6.45) is 0. The highest BCUT2D eigenvalue weighted by atomic mass is 16.5. The minimum absolute atomic E-state index is 0.0305. The number of oxazole rings is 1. The highest BCUT2D eigenvalue weighted by molar-refractivity contribution is 5.90. The number of morpholine rings is 1. The first-order valence-corrected chi connectivity index (χ1v) is 11.5. The molecule has 35 heavy (non-hydrogen) atoms. The van der Waals surface area contributed by atoms with E-state index in [1.807, 2.05) is 37.3 Å². The van der Waals surface area contributed by atoms with E-state index in [4.69, 9.17) is 23.4 Å². The molecule has 2 heterocycles. The van der Waals surface area contributed by atoms with Crippen molar-refractivity contribution in [2.45, 2.75) is 20.5 Å². The van der Waals surface area contributed by atoms with Crippen LogP contribution in [-0.4, -0.2) is 61.3 Å². The molecule has 1 aliphatic rings. The molecule has 0 unspecified atom stereocenters. The second-order valence-corrected chi connectivity index (χ2v) is 7.84. The van der Waals surface area contributed by atoms with Crippen molar-refractivity contribution in [3.8, 4) is 23.0 Å². The van der Waals surface area contributed by atoms with E-state index in [9.17, 15) is 9.59 Å². The molecule has 0 radical (unpaired) electrons. The zero-order chi connectivity index (χ0) is 24.6. The maximum atomic E-state index is 12.7. The summed E-state index contributed by atoms with van der Waals surface area (Å²) in [5, 5.41) is 0. The molecule has 3 aromatic rings. The number of carbonyl (C=O) groups excluding carboxylic acids is 2. The molecule has 9 nitrogen and oxygen atoms in total. The van der Waals surface area contributed by atoms with Crippen molar-refractivity contribution in [2.24, 2.45) is 0 Å². The second-order valence-electron chi connectivity index (χ2n) is 7.84. The van der Waals surface area contributed by atoms with Gasteiger partial charge >= 0.3 is 5.97 Å². The van der Waals surface area contributed by atoms with Crippen LogP contribution in [0.3, 0.4) is 0 Å². The Morgan fingerprint density at radius 2 is 1.80 bits per heavy atom. The molecule has 184 valence electrons. The molecule has 0 bridgehead atoms. The van der Waals surface area contributed by atoms with Crippen LogP contribution < -0.4 is 9.47 Å². The molecule has 4 rings (SSSR count). The lowest BCUT2D eigenvalue weighted by molar-refractivity contribution is -0.137. The molecular weight excluding hydrogens is 452 g/mol. The number of rotatable bonds is 9. The molecule has 1 aliphatic heterocycles. The Balaban J connectivity index is 1.38. The number of aromatic nitrogens is 1. The van der Waals surface area contributed by atoms with Crippen LogP contribution in [0.4, 0.5) is 0 Å². The van der Waals surface area contributed by atoms with E-state index in [1.54, 1.807) is 30.0 Å². The number of amides is 1. The Morgan fingerprint density at radius 1 is 1.03 bits per heavy atom. The third kappa shape index (κ3) is 6.19. The van der Waals surface area contributed by atoms with Crippen molar-refractivity contribution >= 4 is 11.9 Å². The maximum absolute atomic E-state index is 12.7. The highest BCUT2D eigenvalue weighted by Crippen LogP contribution is 2.29. The van der Waals surface area contributed by atoms with Gasteiger partial charge in [0, 0.05) is 18.7 Å². The summed E-state index contributed by atoms with van der Waals surface area (Å²) in [7, 11) is 0. The third-order valence-corrected chi connectivity index (χ3v) is 5.45. The van der Waals surface area contributed by atoms with Crippen LogP contribution in [-0.2, 0) is 20.9 Å². The molecular formula is C26H28N2O7. The summed E-state index contributed by atoms with van der Waals surface area (Å²) in [4.78, 5) is 31.2. The first kappa shape index (κ1) is 24.3. The van der Waals surface area contributed by atoms with E-state index >= 15 is 0 Å². The molecule has 1 aromatic heterocycles. The van der Waals surface area contributed by atoms with E-state index in [1.165, 1.54) is 0 Å². The molecule has 1 fully saturated rings. The first-order valence-electron chi connectivity index (χ1n) is 11.5. The minimum Gasteiger partial charge on any atom is -0.490 e. The number of hydrogen-bond donors (Lipinski definition) is 0. The van der Waals surface area contributed by atoms with Crippen LogP contribution in [0.1, 0.15) is 28.7 Å². The van der Waals surface area contributed by atoms with Crippen molar-refractivity contribution in [2.75, 3.05) is 39.5 Å². The molecule has 0 aliphatic carbocycles. The summed E-state index contributed by atoms with van der Waals surface area (Å²) in [6, 6.07) is 14.2. The van der Waals surface area contributed by atoms with Gasteiger partial charge in [-0.05, 0) is 44.2 Å². The van der Waals surface area contributed by atoms with Crippen molar-refractivity contribution in [3.63, 3.8) is 0 Å². The average molecular weight is 481 g/mol. The van der Waals surface area contributed by atoms with Gasteiger partial charge in [-0.1, -0.05) is 18.2 Å². The molecule has 0 spiro atoms. The summed E-state index contributed by atoms with van der Waals surface area (Å²) >= 11 is 0. The Hall–Kier alpha value is -3.85. The van der Waals surface area contributed by atoms with Gasteiger partial charge in [-0.2, -0.15) is 0 Å². The lowest BCUT2D eigenvalue weighted by Gasteiger charge is -2.26. The van der Waals surface area contributed by atoms with Crippen LogP contribution in [0.5, 0.6) is 11.5 Å². The van der Waals surface area contributed by atoms with Crippen LogP contribution in [0, 0.1) is 6.92 Å². The van der Waals surface area contributed by atoms with Gasteiger partial charge in [0.2, 0.25) is 5.89 Å². The molecule has 1 amide bonds. The number of ether oxygens (including phenoxy) is 4. The van der Waals surface area contributed by atoms with Gasteiger partial charge in [0.1, 0.15) is 18.1 Å². The quantitative estimate of drug-likeness (QED) is 0.428. The van der Waals surface area contributed by atoms with Gasteiger partial charge < -0.3 is 28.3 Å². The van der Waals surface area contributed by atoms with Gasteiger partial charge in [0.05, 0.1) is 25.4 Å². The van der Waals surface area contributed by atoms with E-state index in [0.29, 0.717) is 67.3 Å². The van der Waals surface area contributed by atoms with E-state index in [2.05, 4.69) is 4.98 Å². The standard InChI is InChI=1S/C26H28N2O7/c1-3-32-23-15-20(9-10-22(23)33-17-24(29)28-11-13-31-14-12-28)26(30)34-16-21-18(2)35-25(27-21)19-7-5-4-6-8-19/h4-10,15H,3,11-14,16-17H2,1-2H3. The number of nitrogens with zero attached hydrogens (tertiary/aromatic N) is 2. The van der Waals surface area contributed by atoms with Gasteiger partial charge in [0.15, 0.2) is 18.1 Å². The lowest BCUT2D eigenvalue weighted by Crippen LogP contribution is -2.43. The SMILES string of the molecule is CCOc1cc(C(=O)OCc2nc(-c3ccccc3)oc2C)ccc1OCC(=O)N1CCOCC1. The summed E-state index contributed by atoms with van der Waals surface area (Å²) in [6.45, 7) is 5.95. The van der Waals surface area contributed by atoms with Crippen LogP contribution in [0.2, 0.25) is 0 Å². The number of hydrogen-bond acceptors (Lipinski definition) is 8. The zero-order valence-corrected chi connectivity index (χ0v) is 19.8. The van der Waals surface area contributed by atoms with Gasteiger partial charge in [-0.3, -0.25) is 4.79 Å². The average Bonchev–Trinajstić information content (AvgIpc) is 3.27. The molecule has 9 heteroatoms. The largest absolute Gasteiger partial charge is 0.490 e. The van der Waals surface area contributed by atoms with Crippen molar-refractivity contribution in [1.29, 1.82) is 0 Å². The predicted octanol–water partition coefficient (Wildman–Crippen LogP) is 3.64. The van der Waals surface area contributed by atoms with Crippen molar-refractivity contribution in [3.05, 3.63) is 65.5 Å². The van der Waals surface area contributed by atoms with Crippen molar-refractivity contribution in [1.82, 2.24) is 9.88 Å². The number of esters is 1. The Bertz CT molecular complexity index is 1150. The Kier molecular flexibility index (Phi) is 7.99. The van der Waals surface area contributed by atoms with Crippen molar-refractivity contribution < 1.29 is 33.0 Å². The van der Waals surface area contributed by atoms with Crippen LogP contribution >= 0.6 is 0 Å². The van der Waals surface area contributed by atoms with E-state index < -0.39 is 5.97 Å². The zero-order valence-electron chi connectivity index (χ0n) is 19.8. The number of carbonyl (C=O) groups is 2. The lowest BCUT2D eigenvalue weighted by atomic mass is 10.2. The number of aryl methyl sites for hydroxylation is 1. The minimum atomic E-state index is -0.537. The fraction of sp³-hybridized carbons (Fsp3) is 0.346. The second kappa shape index (κ2) is 11.5. The third-order valence-electron chi connectivity index (χ3n) is 5.45. The normalized spacial score (nSPS) is 13.4. The van der Waals surface area contributed by atoms with Gasteiger partial charge in [-0.25, -0.2) is 9.78 Å². The Labute approximate surface area is 203 Å². The molecule has 2 aromatic carbocycles. The Morgan fingerprint density at radius 3 is 2.54 bits per heavy atom. The molecule has 1 saturated heterocycles. The topological polar surface area (TPSA) is 100 Å². The van der Waals surface area contributed by atoms with Crippen LogP contribution in [0.15, 0.2) is 52.9 Å². The smallest absolute Gasteiger partial charge is 0.338 e. The molecule has 0 saturated carbocycles. The fourth-order valence-electron chi connectivity index (χ4n) is 3.55. The summed E-state index contributed by atoms with van der Waals surface area (Å²) in [5.41, 5.74) is 1.69. The van der Waals surface area contributed by atoms with E-state index in [-0.39, 0.29) is 19.1 Å². The maximum Gasteiger partial charge on any atom is 0.338 e. The first-order chi connectivity index (χ1) is 17.0. The van der Waals surface area contributed by atoms with Gasteiger partial charge in [-0.15, -0.1) is 0 Å². The monoisotopic (exact) mass is 480 g/mol. The molecule has 0 N–H and O–H groups in total. The number of benzene rings is 2.